The van der Waals surface area contributed by atoms with E-state index in [9.17, 15) is 0 Å². The number of hydrogen-bond acceptors (Lipinski definition) is 2. The van der Waals surface area contributed by atoms with Gasteiger partial charge in [-0.3, -0.25) is 0 Å². The molecule has 0 amide bonds. The summed E-state index contributed by atoms with van der Waals surface area (Å²) in [5, 5.41) is 0.775. The molecule has 5 atom stereocenters. The van der Waals surface area contributed by atoms with E-state index in [1.54, 1.807) is 0 Å². The normalized spacial score (nSPS) is 32.5. The number of nitrogens with two attached hydrogens (primary N) is 1. The second-order valence-corrected chi connectivity index (χ2v) is 6.91. The van der Waals surface area contributed by atoms with Crippen molar-refractivity contribution in [3.05, 3.63) is 33.3 Å². The Balaban J connectivity index is 2.10. The van der Waals surface area contributed by atoms with Crippen molar-refractivity contribution in [2.45, 2.75) is 45.4 Å². The third-order valence-electron chi connectivity index (χ3n) is 4.28. The lowest BCUT2D eigenvalue weighted by Gasteiger charge is -2.26. The van der Waals surface area contributed by atoms with Gasteiger partial charge in [-0.15, -0.1) is 0 Å². The zero-order valence-corrected chi connectivity index (χ0v) is 13.9. The van der Waals surface area contributed by atoms with Crippen molar-refractivity contribution in [3.63, 3.8) is 0 Å². The molecule has 0 saturated carbocycles. The maximum absolute atomic E-state index is 6.41. The Labute approximate surface area is 128 Å². The molecule has 106 valence electrons. The summed E-state index contributed by atoms with van der Waals surface area (Å²) in [5.74, 6) is 0.869. The van der Waals surface area contributed by atoms with Crippen LogP contribution in [-0.2, 0) is 11.2 Å². The summed E-state index contributed by atoms with van der Waals surface area (Å²) in [4.78, 5) is 0. The molecule has 19 heavy (non-hydrogen) atoms. The number of hydrogen-bond donors (Lipinski definition) is 1. The first-order valence-corrected chi connectivity index (χ1v) is 7.92. The lowest BCUT2D eigenvalue weighted by molar-refractivity contribution is 0.0490. The average Bonchev–Trinajstić information content (AvgIpc) is 2.57. The van der Waals surface area contributed by atoms with Gasteiger partial charge in [0.15, 0.2) is 0 Å². The van der Waals surface area contributed by atoms with Crippen LogP contribution in [0.2, 0.25) is 5.02 Å². The van der Waals surface area contributed by atoms with Crippen LogP contribution in [0.5, 0.6) is 0 Å². The summed E-state index contributed by atoms with van der Waals surface area (Å²) in [6.07, 6.45) is 1.29. The molecule has 2 N–H and O–H groups in total. The highest BCUT2D eigenvalue weighted by atomic mass is 79.9. The van der Waals surface area contributed by atoms with E-state index in [4.69, 9.17) is 22.1 Å². The lowest BCUT2D eigenvalue weighted by Crippen LogP contribution is -2.39. The van der Waals surface area contributed by atoms with Crippen molar-refractivity contribution in [1.29, 1.82) is 0 Å². The van der Waals surface area contributed by atoms with E-state index in [0.29, 0.717) is 11.8 Å². The first-order chi connectivity index (χ1) is 8.90. The van der Waals surface area contributed by atoms with Gasteiger partial charge in [0.25, 0.3) is 0 Å². The van der Waals surface area contributed by atoms with Crippen molar-refractivity contribution in [3.8, 4) is 0 Å². The van der Waals surface area contributed by atoms with E-state index < -0.39 is 0 Å². The third-order valence-corrected chi connectivity index (χ3v) is 5.13. The van der Waals surface area contributed by atoms with Gasteiger partial charge in [-0.1, -0.05) is 40.5 Å². The number of rotatable bonds is 3. The molecule has 1 fully saturated rings. The molecule has 0 bridgehead atoms. The molecule has 0 aliphatic carbocycles. The summed E-state index contributed by atoms with van der Waals surface area (Å²) in [5.41, 5.74) is 7.52. The van der Waals surface area contributed by atoms with Crippen LogP contribution >= 0.6 is 27.5 Å². The minimum Gasteiger partial charge on any atom is -0.375 e. The fraction of sp³-hybridized carbons (Fsp3) is 0.600. The Morgan fingerprint density at radius 3 is 2.53 bits per heavy atom. The predicted molar refractivity (Wildman–Crippen MR) is 83.5 cm³/mol. The molecule has 1 aliphatic heterocycles. The highest BCUT2D eigenvalue weighted by Crippen LogP contribution is 2.35. The Bertz CT molecular complexity index is 454. The molecule has 1 aliphatic rings. The van der Waals surface area contributed by atoms with Gasteiger partial charge < -0.3 is 10.5 Å². The van der Waals surface area contributed by atoms with Gasteiger partial charge >= 0.3 is 0 Å². The van der Waals surface area contributed by atoms with Gasteiger partial charge in [0.2, 0.25) is 0 Å². The molecular formula is C15H21BrClNO. The predicted octanol–water partition coefficient (Wildman–Crippen LogP) is 4.03. The summed E-state index contributed by atoms with van der Waals surface area (Å²) in [6.45, 7) is 6.47. The SMILES string of the molecule is CC1OC(C)C(C(N)Cc2ccc(Br)cc2Cl)C1C. The summed E-state index contributed by atoms with van der Waals surface area (Å²) in [6, 6.07) is 6.05. The zero-order chi connectivity index (χ0) is 14.2. The van der Waals surface area contributed by atoms with Crippen molar-refractivity contribution in [2.24, 2.45) is 17.6 Å². The van der Waals surface area contributed by atoms with Crippen LogP contribution < -0.4 is 5.73 Å². The quantitative estimate of drug-likeness (QED) is 0.896. The molecule has 5 unspecified atom stereocenters. The Hall–Kier alpha value is -0.0900. The molecule has 0 aromatic heterocycles. The minimum atomic E-state index is 0.0774. The van der Waals surface area contributed by atoms with E-state index in [1.807, 2.05) is 18.2 Å². The molecule has 1 aromatic carbocycles. The Morgan fingerprint density at radius 1 is 1.32 bits per heavy atom. The lowest BCUT2D eigenvalue weighted by atomic mass is 9.81. The maximum atomic E-state index is 6.41. The highest BCUT2D eigenvalue weighted by molar-refractivity contribution is 9.10. The first kappa shape index (κ1) is 15.3. The van der Waals surface area contributed by atoms with Crippen LogP contribution in [0.3, 0.4) is 0 Å². The van der Waals surface area contributed by atoms with Gasteiger partial charge in [0, 0.05) is 21.5 Å². The average molecular weight is 347 g/mol. The second-order valence-electron chi connectivity index (χ2n) is 5.59. The van der Waals surface area contributed by atoms with Gasteiger partial charge in [-0.05, 0) is 43.9 Å². The van der Waals surface area contributed by atoms with Gasteiger partial charge in [0.05, 0.1) is 12.2 Å². The molecule has 0 spiro atoms. The van der Waals surface area contributed by atoms with E-state index in [1.165, 1.54) is 0 Å². The van der Waals surface area contributed by atoms with Crippen LogP contribution in [-0.4, -0.2) is 18.2 Å². The second kappa shape index (κ2) is 6.13. The molecule has 1 saturated heterocycles. The molecule has 2 rings (SSSR count). The Morgan fingerprint density at radius 2 is 2.00 bits per heavy atom. The van der Waals surface area contributed by atoms with Crippen LogP contribution in [0, 0.1) is 11.8 Å². The number of benzene rings is 1. The number of ether oxygens (including phenoxy) is 1. The van der Waals surface area contributed by atoms with Crippen LogP contribution in [0.1, 0.15) is 26.3 Å². The largest absolute Gasteiger partial charge is 0.375 e. The Kier molecular flexibility index (Phi) is 4.93. The topological polar surface area (TPSA) is 35.2 Å². The smallest absolute Gasteiger partial charge is 0.0597 e. The fourth-order valence-corrected chi connectivity index (χ4v) is 3.86. The van der Waals surface area contributed by atoms with Crippen LogP contribution in [0.15, 0.2) is 22.7 Å². The summed E-state index contributed by atoms with van der Waals surface area (Å²) < 4.78 is 6.87. The van der Waals surface area contributed by atoms with Crippen molar-refractivity contribution >= 4 is 27.5 Å². The van der Waals surface area contributed by atoms with Gasteiger partial charge in [-0.2, -0.15) is 0 Å². The molecular weight excluding hydrogens is 326 g/mol. The van der Waals surface area contributed by atoms with Crippen molar-refractivity contribution in [2.75, 3.05) is 0 Å². The van der Waals surface area contributed by atoms with E-state index in [2.05, 4.69) is 36.7 Å². The molecule has 4 heteroatoms. The molecule has 1 aromatic rings. The fourth-order valence-electron chi connectivity index (χ4n) is 3.11. The van der Waals surface area contributed by atoms with Crippen LogP contribution in [0.4, 0.5) is 0 Å². The standard InChI is InChI=1S/C15H21BrClNO/c1-8-9(2)19-10(3)15(8)14(18)6-11-4-5-12(16)7-13(11)17/h4-5,7-10,14-15H,6,18H2,1-3H3. The summed E-state index contributed by atoms with van der Waals surface area (Å²) >= 11 is 9.68. The zero-order valence-electron chi connectivity index (χ0n) is 11.6. The molecule has 2 nitrogen and oxygen atoms in total. The van der Waals surface area contributed by atoms with Crippen molar-refractivity contribution in [1.82, 2.24) is 0 Å². The van der Waals surface area contributed by atoms with E-state index in [0.717, 1.165) is 21.5 Å². The van der Waals surface area contributed by atoms with E-state index in [-0.39, 0.29) is 18.2 Å². The van der Waals surface area contributed by atoms with Gasteiger partial charge in [-0.25, -0.2) is 0 Å². The monoisotopic (exact) mass is 345 g/mol. The molecule has 1 heterocycles. The first-order valence-electron chi connectivity index (χ1n) is 6.75. The molecule has 0 radical (unpaired) electrons. The highest BCUT2D eigenvalue weighted by Gasteiger charge is 2.40. The number of halogens is 2. The van der Waals surface area contributed by atoms with Gasteiger partial charge in [0.1, 0.15) is 0 Å². The maximum Gasteiger partial charge on any atom is 0.0597 e. The minimum absolute atomic E-state index is 0.0774. The summed E-state index contributed by atoms with van der Waals surface area (Å²) in [7, 11) is 0. The van der Waals surface area contributed by atoms with E-state index >= 15 is 0 Å². The van der Waals surface area contributed by atoms with Crippen molar-refractivity contribution < 1.29 is 4.74 Å². The third kappa shape index (κ3) is 3.33. The van der Waals surface area contributed by atoms with Crippen LogP contribution in [0.25, 0.3) is 0 Å².